The maximum absolute atomic E-state index is 14.2. The third-order valence-corrected chi connectivity index (χ3v) is 6.54. The van der Waals surface area contributed by atoms with Gasteiger partial charge in [-0.05, 0) is 75.6 Å². The van der Waals surface area contributed by atoms with Gasteiger partial charge in [0.15, 0.2) is 6.61 Å². The molecule has 0 fully saturated rings. The number of carbonyl (C=O) groups is 4. The number of benzene rings is 3. The Hall–Kier alpha value is -5.00. The van der Waals surface area contributed by atoms with Gasteiger partial charge in [0.2, 0.25) is 5.91 Å². The molecule has 2 N–H and O–H groups in total. The fourth-order valence-electron chi connectivity index (χ4n) is 4.17. The SMILES string of the molecule is CC(C)CCN(C(=O)CNC(=O)Nc1cccc(C(=O)OC(C)(C)C)c1)c1ccccc1OCC(=O)N(C)c1cc(F)ccc1F. The summed E-state index contributed by atoms with van der Waals surface area (Å²) in [6, 6.07) is 15.0. The van der Waals surface area contributed by atoms with E-state index in [2.05, 4.69) is 10.6 Å². The molecule has 10 nitrogen and oxygen atoms in total. The van der Waals surface area contributed by atoms with Crippen LogP contribution in [0.15, 0.2) is 66.7 Å². The van der Waals surface area contributed by atoms with Crippen LogP contribution in [0.1, 0.15) is 51.4 Å². The first-order chi connectivity index (χ1) is 21.6. The lowest BCUT2D eigenvalue weighted by molar-refractivity contribution is -0.120. The summed E-state index contributed by atoms with van der Waals surface area (Å²) in [5.74, 6) is -2.64. The molecule has 0 saturated carbocycles. The molecule has 0 aliphatic rings. The summed E-state index contributed by atoms with van der Waals surface area (Å²) < 4.78 is 39.0. The molecule has 12 heteroatoms. The Balaban J connectivity index is 1.69. The topological polar surface area (TPSA) is 117 Å². The van der Waals surface area contributed by atoms with Gasteiger partial charge in [0.25, 0.3) is 5.91 Å². The minimum atomic E-state index is -0.768. The molecule has 0 saturated heterocycles. The minimum absolute atomic E-state index is 0.212. The Morgan fingerprint density at radius 1 is 0.891 bits per heavy atom. The molecular weight excluding hydrogens is 598 g/mol. The van der Waals surface area contributed by atoms with Gasteiger partial charge in [0, 0.05) is 25.3 Å². The number of likely N-dealkylation sites (N-methyl/N-ethyl adjacent to an activating group) is 1. The first kappa shape index (κ1) is 35.5. The largest absolute Gasteiger partial charge is 0.482 e. The number of anilines is 3. The maximum Gasteiger partial charge on any atom is 0.338 e. The maximum atomic E-state index is 14.2. The van der Waals surface area contributed by atoms with Crippen molar-refractivity contribution in [3.05, 3.63) is 83.9 Å². The molecule has 0 spiro atoms. The molecule has 3 rings (SSSR count). The van der Waals surface area contributed by atoms with Crippen LogP contribution in [0.3, 0.4) is 0 Å². The Kier molecular flexibility index (Phi) is 12.2. The predicted molar refractivity (Wildman–Crippen MR) is 172 cm³/mol. The second-order valence-electron chi connectivity index (χ2n) is 11.9. The van der Waals surface area contributed by atoms with Crippen LogP contribution in [-0.2, 0) is 14.3 Å². The number of nitrogens with one attached hydrogen (secondary N) is 2. The number of urea groups is 1. The van der Waals surface area contributed by atoms with Gasteiger partial charge in [0.05, 0.1) is 23.5 Å². The molecule has 46 heavy (non-hydrogen) atoms. The van der Waals surface area contributed by atoms with Crippen molar-refractivity contribution in [2.45, 2.75) is 46.6 Å². The lowest BCUT2D eigenvalue weighted by Gasteiger charge is -2.26. The highest BCUT2D eigenvalue weighted by Gasteiger charge is 2.23. The Labute approximate surface area is 267 Å². The minimum Gasteiger partial charge on any atom is -0.482 e. The van der Waals surface area contributed by atoms with Crippen molar-refractivity contribution in [1.82, 2.24) is 5.32 Å². The number of rotatable bonds is 12. The Morgan fingerprint density at radius 2 is 1.61 bits per heavy atom. The fourth-order valence-corrected chi connectivity index (χ4v) is 4.17. The van der Waals surface area contributed by atoms with Crippen LogP contribution in [0.4, 0.5) is 30.6 Å². The number of esters is 1. The second-order valence-corrected chi connectivity index (χ2v) is 11.9. The van der Waals surface area contributed by atoms with E-state index in [0.29, 0.717) is 24.3 Å². The molecule has 4 amide bonds. The number of carbonyl (C=O) groups excluding carboxylic acids is 4. The quantitative estimate of drug-likeness (QED) is 0.230. The number of hydrogen-bond donors (Lipinski definition) is 2. The first-order valence-electron chi connectivity index (χ1n) is 14.8. The van der Waals surface area contributed by atoms with E-state index in [9.17, 15) is 28.0 Å². The molecule has 0 heterocycles. The summed E-state index contributed by atoms with van der Waals surface area (Å²) in [5.41, 5.74) is 0.0316. The first-order valence-corrected chi connectivity index (χ1v) is 14.8. The molecule has 0 aliphatic carbocycles. The van der Waals surface area contributed by atoms with Crippen molar-refractivity contribution in [1.29, 1.82) is 0 Å². The van der Waals surface area contributed by atoms with E-state index in [0.717, 1.165) is 23.1 Å². The lowest BCUT2D eigenvalue weighted by atomic mass is 10.1. The van der Waals surface area contributed by atoms with E-state index in [-0.39, 0.29) is 29.5 Å². The predicted octanol–water partition coefficient (Wildman–Crippen LogP) is 6.16. The molecule has 0 aromatic heterocycles. The summed E-state index contributed by atoms with van der Waals surface area (Å²) >= 11 is 0. The number of hydrogen-bond acceptors (Lipinski definition) is 6. The van der Waals surface area contributed by atoms with Gasteiger partial charge in [-0.3, -0.25) is 9.59 Å². The average molecular weight is 639 g/mol. The summed E-state index contributed by atoms with van der Waals surface area (Å²) in [4.78, 5) is 53.8. The Morgan fingerprint density at radius 3 is 2.30 bits per heavy atom. The second kappa shape index (κ2) is 15.8. The van der Waals surface area contributed by atoms with Crippen molar-refractivity contribution in [2.24, 2.45) is 5.92 Å². The normalized spacial score (nSPS) is 11.1. The van der Waals surface area contributed by atoms with Gasteiger partial charge in [-0.2, -0.15) is 0 Å². The van der Waals surface area contributed by atoms with Crippen LogP contribution < -0.4 is 25.2 Å². The summed E-state index contributed by atoms with van der Waals surface area (Å²) in [7, 11) is 1.30. The van der Waals surface area contributed by atoms with E-state index in [1.165, 1.54) is 18.0 Å². The van der Waals surface area contributed by atoms with Crippen molar-refractivity contribution in [3.8, 4) is 5.75 Å². The average Bonchev–Trinajstić information content (AvgIpc) is 2.99. The van der Waals surface area contributed by atoms with E-state index < -0.39 is 47.7 Å². The van der Waals surface area contributed by atoms with Crippen LogP contribution in [-0.4, -0.2) is 56.2 Å². The number of para-hydroxylation sites is 2. The molecule has 0 aliphatic heterocycles. The number of halogens is 2. The van der Waals surface area contributed by atoms with Crippen molar-refractivity contribution < 1.29 is 37.4 Å². The van der Waals surface area contributed by atoms with Crippen molar-refractivity contribution >= 4 is 40.9 Å². The van der Waals surface area contributed by atoms with Crippen LogP contribution in [0.2, 0.25) is 0 Å². The van der Waals surface area contributed by atoms with Gasteiger partial charge < -0.3 is 29.9 Å². The van der Waals surface area contributed by atoms with Crippen LogP contribution in [0, 0.1) is 17.6 Å². The van der Waals surface area contributed by atoms with Crippen LogP contribution in [0.25, 0.3) is 0 Å². The summed E-state index contributed by atoms with van der Waals surface area (Å²) in [6.45, 7) is 8.67. The van der Waals surface area contributed by atoms with Crippen LogP contribution >= 0.6 is 0 Å². The molecule has 0 radical (unpaired) electrons. The monoisotopic (exact) mass is 638 g/mol. The third-order valence-electron chi connectivity index (χ3n) is 6.54. The molecule has 0 atom stereocenters. The molecule has 0 bridgehead atoms. The lowest BCUT2D eigenvalue weighted by Crippen LogP contribution is -2.42. The molecule has 3 aromatic carbocycles. The van der Waals surface area contributed by atoms with E-state index in [1.807, 2.05) is 13.8 Å². The summed E-state index contributed by atoms with van der Waals surface area (Å²) in [6.07, 6.45) is 0.629. The highest BCUT2D eigenvalue weighted by Crippen LogP contribution is 2.29. The van der Waals surface area contributed by atoms with Gasteiger partial charge in [-0.15, -0.1) is 0 Å². The molecule has 3 aromatic rings. The zero-order chi connectivity index (χ0) is 34.0. The zero-order valence-electron chi connectivity index (χ0n) is 26.9. The standard InChI is InChI=1S/C34H40F2N4O6/c1-22(2)16-17-40(30(41)20-37-33(44)38-25-11-9-10-23(18-25)32(43)46-34(3,4)5)27-12-7-8-13-29(27)45-21-31(42)39(6)28-19-24(35)14-15-26(28)36/h7-15,18-19,22H,16-17,20-21H2,1-6H3,(H2,37,38,44). The third kappa shape index (κ3) is 10.6. The highest BCUT2D eigenvalue weighted by molar-refractivity contribution is 6.00. The van der Waals surface area contributed by atoms with Gasteiger partial charge in [-0.25, -0.2) is 18.4 Å². The van der Waals surface area contributed by atoms with E-state index in [4.69, 9.17) is 9.47 Å². The van der Waals surface area contributed by atoms with Crippen LogP contribution in [0.5, 0.6) is 5.75 Å². The van der Waals surface area contributed by atoms with E-state index in [1.54, 1.807) is 63.2 Å². The molecule has 246 valence electrons. The Bertz CT molecular complexity index is 1560. The fraction of sp³-hybridized carbons (Fsp3) is 0.353. The van der Waals surface area contributed by atoms with Gasteiger partial charge in [0.1, 0.15) is 23.0 Å². The molecular formula is C34H40F2N4O6. The van der Waals surface area contributed by atoms with Crippen molar-refractivity contribution in [2.75, 3.05) is 41.9 Å². The zero-order valence-corrected chi connectivity index (χ0v) is 26.9. The van der Waals surface area contributed by atoms with Gasteiger partial charge in [-0.1, -0.05) is 32.0 Å². The number of nitrogens with zero attached hydrogens (tertiary/aromatic N) is 2. The molecule has 0 unspecified atom stereocenters. The summed E-state index contributed by atoms with van der Waals surface area (Å²) in [5, 5.41) is 5.16. The number of ether oxygens (including phenoxy) is 2. The number of amides is 4. The van der Waals surface area contributed by atoms with E-state index >= 15 is 0 Å². The smallest absolute Gasteiger partial charge is 0.338 e. The van der Waals surface area contributed by atoms with Crippen molar-refractivity contribution in [3.63, 3.8) is 0 Å². The van der Waals surface area contributed by atoms with Gasteiger partial charge >= 0.3 is 12.0 Å². The highest BCUT2D eigenvalue weighted by atomic mass is 19.1.